The maximum absolute atomic E-state index is 10.8. The fourth-order valence-corrected chi connectivity index (χ4v) is 1.64. The van der Waals surface area contributed by atoms with Crippen LogP contribution in [0.4, 0.5) is 0 Å². The minimum atomic E-state index is -4.21. The van der Waals surface area contributed by atoms with Gasteiger partial charge >= 0.3 is 10.1 Å². The molecule has 0 atom stereocenters. The molecular formula is C9H8ClNO3S. The van der Waals surface area contributed by atoms with Crippen molar-refractivity contribution in [3.05, 3.63) is 36.4 Å². The van der Waals surface area contributed by atoms with E-state index in [1.54, 1.807) is 18.2 Å². The third kappa shape index (κ3) is 2.44. The van der Waals surface area contributed by atoms with Crippen LogP contribution in [0, 0.1) is 0 Å². The first-order chi connectivity index (χ1) is 6.57. The van der Waals surface area contributed by atoms with E-state index in [2.05, 4.69) is 4.98 Å². The monoisotopic (exact) mass is 245 g/mol. The third-order valence-corrected chi connectivity index (χ3v) is 2.59. The summed E-state index contributed by atoms with van der Waals surface area (Å²) in [6.07, 6.45) is 0. The van der Waals surface area contributed by atoms with Crippen LogP contribution >= 0.6 is 12.4 Å². The largest absolute Gasteiger partial charge is 0.312 e. The Labute approximate surface area is 93.1 Å². The van der Waals surface area contributed by atoms with Gasteiger partial charge in [0.2, 0.25) is 0 Å². The van der Waals surface area contributed by atoms with Crippen LogP contribution in [-0.4, -0.2) is 18.0 Å². The van der Waals surface area contributed by atoms with Crippen molar-refractivity contribution in [2.45, 2.75) is 5.03 Å². The number of hydrogen-bond acceptors (Lipinski definition) is 3. The first-order valence-corrected chi connectivity index (χ1v) is 5.35. The summed E-state index contributed by atoms with van der Waals surface area (Å²) in [5.74, 6) is 0. The highest BCUT2D eigenvalue weighted by Gasteiger charge is 2.10. The summed E-state index contributed by atoms with van der Waals surface area (Å²) in [5, 5.41) is 0.510. The molecule has 0 radical (unpaired) electrons. The number of fused-ring (bicyclic) bond motifs is 1. The van der Waals surface area contributed by atoms with E-state index in [4.69, 9.17) is 4.55 Å². The summed E-state index contributed by atoms with van der Waals surface area (Å²) in [4.78, 5) is 3.81. The summed E-state index contributed by atoms with van der Waals surface area (Å²) < 4.78 is 30.3. The van der Waals surface area contributed by atoms with E-state index in [1.807, 2.05) is 12.1 Å². The highest BCUT2D eigenvalue weighted by Crippen LogP contribution is 2.14. The summed E-state index contributed by atoms with van der Waals surface area (Å²) in [6, 6.07) is 9.96. The van der Waals surface area contributed by atoms with Gasteiger partial charge in [-0.3, -0.25) is 4.55 Å². The molecule has 0 unspecified atom stereocenters. The number of hydrogen-bond donors (Lipinski definition) is 1. The van der Waals surface area contributed by atoms with E-state index >= 15 is 0 Å². The van der Waals surface area contributed by atoms with Crippen LogP contribution in [0.25, 0.3) is 10.9 Å². The number of para-hydroxylation sites is 1. The van der Waals surface area contributed by atoms with Crippen molar-refractivity contribution in [3.63, 3.8) is 0 Å². The molecule has 1 aromatic heterocycles. The fourth-order valence-electron chi connectivity index (χ4n) is 1.19. The van der Waals surface area contributed by atoms with Gasteiger partial charge in [0.05, 0.1) is 5.52 Å². The quantitative estimate of drug-likeness (QED) is 0.780. The van der Waals surface area contributed by atoms with Gasteiger partial charge in [-0.2, -0.15) is 8.42 Å². The Kier molecular flexibility index (Phi) is 3.28. The molecule has 0 aliphatic carbocycles. The summed E-state index contributed by atoms with van der Waals surface area (Å²) >= 11 is 0. The maximum Gasteiger partial charge on any atom is 0.312 e. The number of pyridine rings is 1. The van der Waals surface area contributed by atoms with Gasteiger partial charge in [0.1, 0.15) is 0 Å². The first kappa shape index (κ1) is 11.9. The highest BCUT2D eigenvalue weighted by atomic mass is 35.5. The molecule has 0 saturated carbocycles. The van der Waals surface area contributed by atoms with Crippen LogP contribution in [0.5, 0.6) is 0 Å². The molecule has 2 rings (SSSR count). The fraction of sp³-hybridized carbons (Fsp3) is 0. The molecule has 15 heavy (non-hydrogen) atoms. The molecule has 80 valence electrons. The lowest BCUT2D eigenvalue weighted by Crippen LogP contribution is -2.00. The minimum Gasteiger partial charge on any atom is -0.281 e. The minimum absolute atomic E-state index is 0. The van der Waals surface area contributed by atoms with Gasteiger partial charge in [-0.05, 0) is 18.2 Å². The molecule has 0 spiro atoms. The van der Waals surface area contributed by atoms with Crippen molar-refractivity contribution in [1.82, 2.24) is 4.98 Å². The zero-order chi connectivity index (χ0) is 10.2. The van der Waals surface area contributed by atoms with Crippen molar-refractivity contribution in [2.24, 2.45) is 0 Å². The second-order valence-corrected chi connectivity index (χ2v) is 4.19. The molecule has 0 fully saturated rings. The van der Waals surface area contributed by atoms with Gasteiger partial charge in [-0.25, -0.2) is 4.98 Å². The van der Waals surface area contributed by atoms with E-state index in [-0.39, 0.29) is 17.4 Å². The van der Waals surface area contributed by atoms with Gasteiger partial charge in [0.15, 0.2) is 5.03 Å². The summed E-state index contributed by atoms with van der Waals surface area (Å²) in [5.41, 5.74) is 0.544. The smallest absolute Gasteiger partial charge is 0.281 e. The Morgan fingerprint density at radius 2 is 1.73 bits per heavy atom. The highest BCUT2D eigenvalue weighted by molar-refractivity contribution is 7.85. The first-order valence-electron chi connectivity index (χ1n) is 3.91. The lowest BCUT2D eigenvalue weighted by molar-refractivity contribution is 0.479. The van der Waals surface area contributed by atoms with E-state index < -0.39 is 10.1 Å². The summed E-state index contributed by atoms with van der Waals surface area (Å²) in [7, 11) is -4.21. The molecule has 2 aromatic rings. The molecule has 0 aliphatic rings. The molecule has 0 bridgehead atoms. The van der Waals surface area contributed by atoms with Gasteiger partial charge in [-0.1, -0.05) is 18.2 Å². The van der Waals surface area contributed by atoms with Crippen molar-refractivity contribution in [1.29, 1.82) is 0 Å². The Balaban J connectivity index is 0.00000112. The second-order valence-electron chi connectivity index (χ2n) is 2.82. The average Bonchev–Trinajstić information content (AvgIpc) is 2.16. The van der Waals surface area contributed by atoms with Crippen molar-refractivity contribution >= 4 is 33.4 Å². The van der Waals surface area contributed by atoms with Crippen LogP contribution in [0.3, 0.4) is 0 Å². The molecule has 0 aliphatic heterocycles. The Morgan fingerprint density at radius 1 is 1.07 bits per heavy atom. The number of halogens is 1. The van der Waals surface area contributed by atoms with Gasteiger partial charge in [0.25, 0.3) is 0 Å². The van der Waals surface area contributed by atoms with Crippen molar-refractivity contribution < 1.29 is 13.0 Å². The Bertz CT molecular complexity index is 583. The van der Waals surface area contributed by atoms with E-state index in [0.29, 0.717) is 5.52 Å². The number of rotatable bonds is 1. The third-order valence-electron chi connectivity index (χ3n) is 1.84. The van der Waals surface area contributed by atoms with Gasteiger partial charge < -0.3 is 0 Å². The van der Waals surface area contributed by atoms with Crippen LogP contribution in [0.2, 0.25) is 0 Å². The average molecular weight is 246 g/mol. The zero-order valence-corrected chi connectivity index (χ0v) is 9.12. The van der Waals surface area contributed by atoms with Crippen LogP contribution in [-0.2, 0) is 10.1 Å². The van der Waals surface area contributed by atoms with Crippen LogP contribution < -0.4 is 0 Å². The molecule has 1 N–H and O–H groups in total. The van der Waals surface area contributed by atoms with E-state index in [0.717, 1.165) is 5.39 Å². The zero-order valence-electron chi connectivity index (χ0n) is 7.49. The number of aromatic nitrogens is 1. The lowest BCUT2D eigenvalue weighted by atomic mass is 10.2. The molecule has 1 heterocycles. The molecule has 4 nitrogen and oxygen atoms in total. The Morgan fingerprint density at radius 3 is 2.40 bits per heavy atom. The summed E-state index contributed by atoms with van der Waals surface area (Å²) in [6.45, 7) is 0. The number of nitrogens with zero attached hydrogens (tertiary/aromatic N) is 1. The van der Waals surface area contributed by atoms with Crippen LogP contribution in [0.1, 0.15) is 0 Å². The normalized spacial score (nSPS) is 11.0. The van der Waals surface area contributed by atoms with Crippen molar-refractivity contribution in [3.8, 4) is 0 Å². The second kappa shape index (κ2) is 4.14. The molecule has 0 saturated heterocycles. The van der Waals surface area contributed by atoms with Crippen LogP contribution in [0.15, 0.2) is 41.4 Å². The van der Waals surface area contributed by atoms with Gasteiger partial charge in [0, 0.05) is 5.39 Å². The Hall–Kier alpha value is -1.17. The van der Waals surface area contributed by atoms with E-state index in [1.165, 1.54) is 6.07 Å². The van der Waals surface area contributed by atoms with E-state index in [9.17, 15) is 8.42 Å². The topological polar surface area (TPSA) is 67.3 Å². The predicted molar refractivity (Wildman–Crippen MR) is 58.8 cm³/mol. The number of benzene rings is 1. The van der Waals surface area contributed by atoms with Gasteiger partial charge in [-0.15, -0.1) is 12.4 Å². The standard InChI is InChI=1S/C9H7NO3S.ClH/c11-14(12,13)9-6-5-7-3-1-2-4-8(7)10-9;/h1-6H,(H,11,12,13);1H. The molecule has 0 amide bonds. The predicted octanol–water partition coefficient (Wildman–Crippen LogP) is 1.90. The molecule has 6 heteroatoms. The molecular weight excluding hydrogens is 238 g/mol. The lowest BCUT2D eigenvalue weighted by Gasteiger charge is -1.98. The maximum atomic E-state index is 10.8. The molecule has 1 aromatic carbocycles. The SMILES string of the molecule is Cl.O=S(=O)(O)c1ccc2ccccc2n1. The van der Waals surface area contributed by atoms with Crippen molar-refractivity contribution in [2.75, 3.05) is 0 Å².